The highest BCUT2D eigenvalue weighted by Gasteiger charge is 1.96. The fraction of sp³-hybridized carbons (Fsp3) is 0.250. The molecule has 0 aromatic carbocycles. The Morgan fingerprint density at radius 2 is 2.45 bits per heavy atom. The second-order valence-corrected chi connectivity index (χ2v) is 2.34. The van der Waals surface area contributed by atoms with Gasteiger partial charge in [0.1, 0.15) is 0 Å². The quantitative estimate of drug-likeness (QED) is 0.584. The van der Waals surface area contributed by atoms with Crippen molar-refractivity contribution < 1.29 is 0 Å². The van der Waals surface area contributed by atoms with Crippen molar-refractivity contribution in [3.05, 3.63) is 23.7 Å². The van der Waals surface area contributed by atoms with Gasteiger partial charge in [0.2, 0.25) is 0 Å². The predicted octanol–water partition coefficient (Wildman–Crippen LogP) is 1.40. The van der Waals surface area contributed by atoms with Crippen molar-refractivity contribution >= 4 is 12.8 Å². The van der Waals surface area contributed by atoms with E-state index in [2.05, 4.69) is 16.8 Å². The van der Waals surface area contributed by atoms with E-state index in [-0.39, 0.29) is 0 Å². The van der Waals surface area contributed by atoms with E-state index in [1.807, 2.05) is 26.2 Å². The Kier molecular flexibility index (Phi) is 2.21. The minimum atomic E-state index is 1.01. The van der Waals surface area contributed by atoms with Gasteiger partial charge in [-0.15, -0.1) is 0 Å². The van der Waals surface area contributed by atoms with Crippen LogP contribution in [0.1, 0.15) is 11.3 Å². The van der Waals surface area contributed by atoms with Gasteiger partial charge >= 0.3 is 0 Å². The van der Waals surface area contributed by atoms with E-state index < -0.39 is 0 Å². The lowest BCUT2D eigenvalue weighted by molar-refractivity contribution is 0.756. The minimum Gasteiger partial charge on any atom is -0.275 e. The maximum absolute atomic E-state index is 4.17. The molecule has 0 saturated heterocycles. The van der Waals surface area contributed by atoms with E-state index in [9.17, 15) is 0 Å². The molecule has 0 bridgehead atoms. The molecule has 1 aromatic rings. The van der Waals surface area contributed by atoms with Gasteiger partial charge in [-0.25, -0.2) is 0 Å². The number of rotatable bonds is 2. The highest BCUT2D eigenvalue weighted by atomic mass is 15.2. The molecule has 0 fully saturated rings. The van der Waals surface area contributed by atoms with Gasteiger partial charge in [-0.05, 0) is 19.7 Å². The Hall–Kier alpha value is -1.38. The number of nitrogens with zero attached hydrogens (tertiary/aromatic N) is 3. The van der Waals surface area contributed by atoms with Gasteiger partial charge in [-0.2, -0.15) is 5.10 Å². The fourth-order valence-corrected chi connectivity index (χ4v) is 0.915. The Balaban J connectivity index is 2.93. The second-order valence-electron chi connectivity index (χ2n) is 2.34. The van der Waals surface area contributed by atoms with E-state index >= 15 is 0 Å². The molecule has 0 aliphatic rings. The summed E-state index contributed by atoms with van der Waals surface area (Å²) >= 11 is 0. The lowest BCUT2D eigenvalue weighted by atomic mass is 10.3. The third-order valence-corrected chi connectivity index (χ3v) is 1.41. The first-order chi connectivity index (χ1) is 5.24. The molecule has 3 nitrogen and oxygen atoms in total. The first kappa shape index (κ1) is 7.72. The Morgan fingerprint density at radius 1 is 1.73 bits per heavy atom. The Labute approximate surface area is 66.1 Å². The van der Waals surface area contributed by atoms with Crippen molar-refractivity contribution in [2.24, 2.45) is 12.0 Å². The first-order valence-corrected chi connectivity index (χ1v) is 3.36. The van der Waals surface area contributed by atoms with Gasteiger partial charge in [0.15, 0.2) is 0 Å². The number of aliphatic imine (C=N–C) groups is 1. The SMILES string of the molecule is C=N/C=C\c1cn(C)nc1C. The van der Waals surface area contributed by atoms with Gasteiger partial charge in [0.05, 0.1) is 5.69 Å². The van der Waals surface area contributed by atoms with Gasteiger partial charge in [0.25, 0.3) is 0 Å². The zero-order chi connectivity index (χ0) is 8.27. The van der Waals surface area contributed by atoms with E-state index in [1.54, 1.807) is 10.9 Å². The molecule has 1 aromatic heterocycles. The molecule has 0 aliphatic heterocycles. The molecule has 1 rings (SSSR count). The molecule has 11 heavy (non-hydrogen) atoms. The summed E-state index contributed by atoms with van der Waals surface area (Å²) in [6, 6.07) is 0. The highest BCUT2D eigenvalue weighted by Crippen LogP contribution is 2.06. The normalized spacial score (nSPS) is 10.7. The predicted molar refractivity (Wildman–Crippen MR) is 46.5 cm³/mol. The summed E-state index contributed by atoms with van der Waals surface area (Å²) in [6.07, 6.45) is 5.48. The fourth-order valence-electron chi connectivity index (χ4n) is 0.915. The maximum Gasteiger partial charge on any atom is 0.0666 e. The summed E-state index contributed by atoms with van der Waals surface area (Å²) in [4.78, 5) is 3.61. The molecular weight excluding hydrogens is 138 g/mol. The molecule has 1 heterocycles. The average Bonchev–Trinajstić information content (AvgIpc) is 2.26. The monoisotopic (exact) mass is 149 g/mol. The Morgan fingerprint density at radius 3 is 2.91 bits per heavy atom. The number of hydrogen-bond donors (Lipinski definition) is 0. The standard InChI is InChI=1S/C8H11N3/c1-7-8(4-5-9-2)6-11(3)10-7/h4-6H,2H2,1,3H3/b5-4-. The average molecular weight is 149 g/mol. The van der Waals surface area contributed by atoms with Gasteiger partial charge in [-0.3, -0.25) is 9.67 Å². The smallest absolute Gasteiger partial charge is 0.0666 e. The largest absolute Gasteiger partial charge is 0.275 e. The van der Waals surface area contributed by atoms with Crippen molar-refractivity contribution in [1.29, 1.82) is 0 Å². The number of aryl methyl sites for hydroxylation is 2. The molecule has 0 spiro atoms. The van der Waals surface area contributed by atoms with Crippen molar-refractivity contribution in [1.82, 2.24) is 9.78 Å². The lowest BCUT2D eigenvalue weighted by Crippen LogP contribution is -1.86. The van der Waals surface area contributed by atoms with Crippen LogP contribution in [0, 0.1) is 6.92 Å². The topological polar surface area (TPSA) is 30.2 Å². The van der Waals surface area contributed by atoms with Crippen LogP contribution in [0.25, 0.3) is 6.08 Å². The summed E-state index contributed by atoms with van der Waals surface area (Å²) in [7, 11) is 1.89. The van der Waals surface area contributed by atoms with E-state index in [4.69, 9.17) is 0 Å². The maximum atomic E-state index is 4.17. The number of aromatic nitrogens is 2. The zero-order valence-corrected chi connectivity index (χ0v) is 6.78. The molecule has 58 valence electrons. The highest BCUT2D eigenvalue weighted by molar-refractivity contribution is 5.51. The van der Waals surface area contributed by atoms with Crippen molar-refractivity contribution in [2.45, 2.75) is 6.92 Å². The van der Waals surface area contributed by atoms with Crippen molar-refractivity contribution in [3.8, 4) is 0 Å². The second kappa shape index (κ2) is 3.14. The van der Waals surface area contributed by atoms with Crippen molar-refractivity contribution in [2.75, 3.05) is 0 Å². The van der Waals surface area contributed by atoms with Crippen LogP contribution in [0.5, 0.6) is 0 Å². The summed E-state index contributed by atoms with van der Waals surface area (Å²) < 4.78 is 1.78. The first-order valence-electron chi connectivity index (χ1n) is 3.36. The lowest BCUT2D eigenvalue weighted by Gasteiger charge is -1.82. The Bertz CT molecular complexity index is 284. The minimum absolute atomic E-state index is 1.01. The molecule has 0 atom stereocenters. The van der Waals surface area contributed by atoms with Crippen LogP contribution in [0.15, 0.2) is 17.4 Å². The summed E-state index contributed by atoms with van der Waals surface area (Å²) in [5.74, 6) is 0. The van der Waals surface area contributed by atoms with Crippen LogP contribution in [0.3, 0.4) is 0 Å². The summed E-state index contributed by atoms with van der Waals surface area (Å²) in [5.41, 5.74) is 2.09. The van der Waals surface area contributed by atoms with Gasteiger partial charge < -0.3 is 0 Å². The zero-order valence-electron chi connectivity index (χ0n) is 6.78. The van der Waals surface area contributed by atoms with Crippen LogP contribution < -0.4 is 0 Å². The van der Waals surface area contributed by atoms with E-state index in [0.717, 1.165) is 11.3 Å². The molecule has 3 heteroatoms. The third-order valence-electron chi connectivity index (χ3n) is 1.41. The van der Waals surface area contributed by atoms with Gasteiger partial charge in [0, 0.05) is 25.0 Å². The molecule has 0 aliphatic carbocycles. The summed E-state index contributed by atoms with van der Waals surface area (Å²) in [5, 5.41) is 4.17. The van der Waals surface area contributed by atoms with Crippen LogP contribution in [0.2, 0.25) is 0 Å². The molecule has 0 unspecified atom stereocenters. The van der Waals surface area contributed by atoms with Crippen LogP contribution in [-0.4, -0.2) is 16.5 Å². The van der Waals surface area contributed by atoms with Gasteiger partial charge in [-0.1, -0.05) is 0 Å². The third kappa shape index (κ3) is 1.77. The summed E-state index contributed by atoms with van der Waals surface area (Å²) in [6.45, 7) is 5.31. The van der Waals surface area contributed by atoms with Crippen LogP contribution in [-0.2, 0) is 7.05 Å². The molecule has 0 amide bonds. The van der Waals surface area contributed by atoms with Crippen LogP contribution >= 0.6 is 0 Å². The molecular formula is C8H11N3. The molecule has 0 radical (unpaired) electrons. The van der Waals surface area contributed by atoms with E-state index in [1.165, 1.54) is 0 Å². The number of hydrogen-bond acceptors (Lipinski definition) is 2. The van der Waals surface area contributed by atoms with Crippen molar-refractivity contribution in [3.63, 3.8) is 0 Å². The van der Waals surface area contributed by atoms with E-state index in [0.29, 0.717) is 0 Å². The van der Waals surface area contributed by atoms with Crippen LogP contribution in [0.4, 0.5) is 0 Å². The molecule has 0 saturated carbocycles. The molecule has 0 N–H and O–H groups in total.